The fraction of sp³-hybridized carbons (Fsp3) is 0.367. The summed E-state index contributed by atoms with van der Waals surface area (Å²) in [4.78, 5) is 33.0. The number of carbonyl (C=O) groups excluding carboxylic acids is 2. The van der Waals surface area contributed by atoms with Crippen LogP contribution in [-0.2, 0) is 14.9 Å². The van der Waals surface area contributed by atoms with Crippen molar-refractivity contribution in [2.24, 2.45) is 11.3 Å². The van der Waals surface area contributed by atoms with Crippen LogP contribution < -0.4 is 17.0 Å². The Bertz CT molecular complexity index is 1380. The van der Waals surface area contributed by atoms with E-state index in [0.29, 0.717) is 23.7 Å². The molecule has 0 amide bonds. The molecule has 0 saturated heterocycles. The lowest BCUT2D eigenvalue weighted by Crippen LogP contribution is -2.18. The third kappa shape index (κ3) is 11.1. The van der Waals surface area contributed by atoms with E-state index in [1.807, 2.05) is 39.0 Å². The number of carbonyl (C=O) groups is 3. The highest BCUT2D eigenvalue weighted by molar-refractivity contribution is 5.90. The van der Waals surface area contributed by atoms with Gasteiger partial charge in [-0.2, -0.15) is 10.4 Å². The fourth-order valence-electron chi connectivity index (χ4n) is 3.03. The van der Waals surface area contributed by atoms with E-state index in [9.17, 15) is 14.4 Å². The molecule has 220 valence electrons. The van der Waals surface area contributed by atoms with Gasteiger partial charge in [0.2, 0.25) is 0 Å². The number of carboxylic acids is 1. The number of carboxylic acid groups (broad SMARTS) is 1. The molecule has 0 bridgehead atoms. The van der Waals surface area contributed by atoms with Gasteiger partial charge in [-0.15, -0.1) is 0 Å². The van der Waals surface area contributed by atoms with Crippen LogP contribution in [0.3, 0.4) is 0 Å². The zero-order valence-electron chi connectivity index (χ0n) is 24.7. The summed E-state index contributed by atoms with van der Waals surface area (Å²) in [5.74, 6) is 4.32. The number of nitrogen functional groups attached to an aromatic ring is 2. The number of nitrogens with one attached hydrogen (secondary N) is 1. The number of benzene rings is 2. The van der Waals surface area contributed by atoms with Crippen molar-refractivity contribution in [1.82, 2.24) is 9.78 Å². The van der Waals surface area contributed by atoms with Crippen LogP contribution in [0, 0.1) is 16.7 Å². The van der Waals surface area contributed by atoms with E-state index in [0.717, 1.165) is 11.4 Å². The van der Waals surface area contributed by atoms with Crippen molar-refractivity contribution in [3.05, 3.63) is 71.4 Å². The number of ketones is 1. The van der Waals surface area contributed by atoms with E-state index in [2.05, 4.69) is 31.3 Å². The van der Waals surface area contributed by atoms with Crippen LogP contribution in [0.1, 0.15) is 81.3 Å². The maximum atomic E-state index is 11.8. The quantitative estimate of drug-likeness (QED) is 0.178. The summed E-state index contributed by atoms with van der Waals surface area (Å²) < 4.78 is 6.65. The summed E-state index contributed by atoms with van der Waals surface area (Å²) in [7, 11) is 0. The number of aromatic nitrogens is 2. The molecule has 3 aromatic rings. The van der Waals surface area contributed by atoms with Crippen LogP contribution in [-0.4, -0.2) is 39.2 Å². The van der Waals surface area contributed by atoms with E-state index in [-0.39, 0.29) is 34.6 Å². The van der Waals surface area contributed by atoms with Gasteiger partial charge in [0.25, 0.3) is 0 Å². The molecule has 1 aromatic heterocycles. The third-order valence-corrected chi connectivity index (χ3v) is 5.46. The highest BCUT2D eigenvalue weighted by atomic mass is 16.5. The van der Waals surface area contributed by atoms with Gasteiger partial charge in [-0.3, -0.25) is 10.6 Å². The first kappa shape index (κ1) is 34.3. The number of hydrogen-bond donors (Lipinski definition) is 4. The second-order valence-corrected chi connectivity index (χ2v) is 10.9. The van der Waals surface area contributed by atoms with Crippen molar-refractivity contribution >= 4 is 29.2 Å². The number of hydrazine groups is 1. The minimum atomic E-state index is -0.956. The number of ether oxygens (including phenoxy) is 1. The number of nitriles is 1. The van der Waals surface area contributed by atoms with E-state index >= 15 is 0 Å². The molecule has 11 nitrogen and oxygen atoms in total. The molecule has 0 radical (unpaired) electrons. The zero-order valence-corrected chi connectivity index (χ0v) is 24.7. The van der Waals surface area contributed by atoms with Crippen LogP contribution in [0.4, 0.5) is 11.5 Å². The average molecular weight is 565 g/mol. The maximum Gasteiger partial charge on any atom is 0.338 e. The minimum absolute atomic E-state index is 0.00463. The van der Waals surface area contributed by atoms with Gasteiger partial charge in [0, 0.05) is 22.6 Å². The van der Waals surface area contributed by atoms with E-state index in [4.69, 9.17) is 26.7 Å². The Labute approximate surface area is 241 Å². The summed E-state index contributed by atoms with van der Waals surface area (Å²) in [6.07, 6.45) is 0.0312. The van der Waals surface area contributed by atoms with Crippen molar-refractivity contribution in [2.75, 3.05) is 17.8 Å². The number of aromatic carboxylic acids is 1. The second kappa shape index (κ2) is 15.2. The molecule has 11 heteroatoms. The summed E-state index contributed by atoms with van der Waals surface area (Å²) in [5.41, 5.74) is 10.9. The Morgan fingerprint density at radius 1 is 1.02 bits per heavy atom. The molecular formula is C30H40N6O5. The van der Waals surface area contributed by atoms with Crippen LogP contribution in [0.2, 0.25) is 0 Å². The van der Waals surface area contributed by atoms with Gasteiger partial charge >= 0.3 is 11.9 Å². The number of rotatable bonds is 6. The number of esters is 1. The Kier molecular flexibility index (Phi) is 12.7. The molecule has 3 rings (SSSR count). The van der Waals surface area contributed by atoms with Gasteiger partial charge in [0.05, 0.1) is 41.6 Å². The van der Waals surface area contributed by atoms with Gasteiger partial charge in [-0.25, -0.2) is 14.3 Å². The van der Waals surface area contributed by atoms with Gasteiger partial charge in [-0.1, -0.05) is 53.7 Å². The number of hydrogen-bond acceptors (Lipinski definition) is 9. The Hall–Kier alpha value is -4.69. The SMILES string of the molecule is CC(C)(C)C(=O)CC#N.CCOC(=O)c1cccc(-n2nc(C(C)(C)C)cc2N)c1.NNc1cccc(C(=O)O)c1. The molecule has 0 spiro atoms. The fourth-order valence-corrected chi connectivity index (χ4v) is 3.03. The molecule has 0 atom stereocenters. The molecule has 0 unspecified atom stereocenters. The Morgan fingerprint density at radius 3 is 2.10 bits per heavy atom. The Morgan fingerprint density at radius 2 is 1.63 bits per heavy atom. The molecule has 41 heavy (non-hydrogen) atoms. The van der Waals surface area contributed by atoms with E-state index < -0.39 is 5.97 Å². The highest BCUT2D eigenvalue weighted by Crippen LogP contribution is 2.25. The van der Waals surface area contributed by atoms with Crippen molar-refractivity contribution in [2.45, 2.75) is 60.3 Å². The molecule has 0 aliphatic carbocycles. The summed E-state index contributed by atoms with van der Waals surface area (Å²) in [5, 5.41) is 21.2. The van der Waals surface area contributed by atoms with Crippen molar-refractivity contribution < 1.29 is 24.2 Å². The van der Waals surface area contributed by atoms with Gasteiger partial charge < -0.3 is 21.0 Å². The predicted octanol–water partition coefficient (Wildman–Crippen LogP) is 5.11. The van der Waals surface area contributed by atoms with Crippen LogP contribution in [0.5, 0.6) is 0 Å². The van der Waals surface area contributed by atoms with Crippen molar-refractivity contribution in [3.8, 4) is 11.8 Å². The number of nitrogens with two attached hydrogens (primary N) is 2. The lowest BCUT2D eigenvalue weighted by atomic mass is 9.89. The third-order valence-electron chi connectivity index (χ3n) is 5.46. The molecule has 6 N–H and O–H groups in total. The molecule has 0 aliphatic heterocycles. The Balaban J connectivity index is 0.000000352. The van der Waals surface area contributed by atoms with Crippen molar-refractivity contribution in [1.29, 1.82) is 5.26 Å². The van der Waals surface area contributed by atoms with E-state index in [1.165, 1.54) is 12.1 Å². The minimum Gasteiger partial charge on any atom is -0.478 e. The monoisotopic (exact) mass is 564 g/mol. The molecule has 0 fully saturated rings. The molecular weight excluding hydrogens is 524 g/mol. The number of Topliss-reactive ketones (excluding diaryl/α,β-unsaturated/α-hetero) is 1. The standard InChI is InChI=1S/C16H21N3O2.C7H8N2O2.C7H11NO/c1-5-21-15(20)11-7-6-8-12(9-11)19-14(17)10-13(18-19)16(2,3)4;8-9-6-3-1-2-5(4-6)7(10)11;1-7(2,3)6(9)4-5-8/h6-10H,5,17H2,1-4H3;1-4,9H,8H2,(H,10,11);4H2,1-3H3. The topological polar surface area (TPSA) is 186 Å². The van der Waals surface area contributed by atoms with Gasteiger partial charge in [0.15, 0.2) is 5.78 Å². The van der Waals surface area contributed by atoms with Crippen LogP contribution in [0.25, 0.3) is 5.69 Å². The zero-order chi connectivity index (χ0) is 31.4. The summed E-state index contributed by atoms with van der Waals surface area (Å²) >= 11 is 0. The first-order chi connectivity index (χ1) is 19.0. The molecule has 1 heterocycles. The normalized spacial score (nSPS) is 10.6. The number of anilines is 2. The van der Waals surface area contributed by atoms with Gasteiger partial charge in [0.1, 0.15) is 5.82 Å². The molecule has 0 saturated carbocycles. The summed E-state index contributed by atoms with van der Waals surface area (Å²) in [6.45, 7) is 13.8. The van der Waals surface area contributed by atoms with Crippen LogP contribution in [0.15, 0.2) is 54.6 Å². The number of nitrogens with zero attached hydrogens (tertiary/aromatic N) is 3. The molecule has 0 aliphatic rings. The lowest BCUT2D eigenvalue weighted by Gasteiger charge is -2.14. The summed E-state index contributed by atoms with van der Waals surface area (Å²) in [6, 6.07) is 17.1. The molecule has 2 aromatic carbocycles. The average Bonchev–Trinajstić information content (AvgIpc) is 3.31. The smallest absolute Gasteiger partial charge is 0.338 e. The lowest BCUT2D eigenvalue weighted by molar-refractivity contribution is -0.125. The largest absolute Gasteiger partial charge is 0.478 e. The van der Waals surface area contributed by atoms with Crippen LogP contribution >= 0.6 is 0 Å². The highest BCUT2D eigenvalue weighted by Gasteiger charge is 2.20. The predicted molar refractivity (Wildman–Crippen MR) is 159 cm³/mol. The first-order valence-corrected chi connectivity index (χ1v) is 12.9. The first-order valence-electron chi connectivity index (χ1n) is 12.9. The van der Waals surface area contributed by atoms with Crippen molar-refractivity contribution in [3.63, 3.8) is 0 Å². The maximum absolute atomic E-state index is 11.8. The van der Waals surface area contributed by atoms with E-state index in [1.54, 1.807) is 41.9 Å². The van der Waals surface area contributed by atoms with Gasteiger partial charge in [-0.05, 0) is 43.3 Å². The second-order valence-electron chi connectivity index (χ2n) is 10.9.